The van der Waals surface area contributed by atoms with Crippen molar-refractivity contribution in [1.29, 1.82) is 0 Å². The maximum Gasteiger partial charge on any atom is 0.187 e. The zero-order valence-electron chi connectivity index (χ0n) is 7.82. The van der Waals surface area contributed by atoms with Gasteiger partial charge in [-0.05, 0) is 25.5 Å². The minimum atomic E-state index is -1.14. The lowest BCUT2D eigenvalue weighted by atomic mass is 9.80. The van der Waals surface area contributed by atoms with Crippen molar-refractivity contribution in [3.05, 3.63) is 23.8 Å². The number of rotatable bonds is 1. The van der Waals surface area contributed by atoms with Crippen molar-refractivity contribution in [2.75, 3.05) is 0 Å². The second-order valence-electron chi connectivity index (χ2n) is 3.52. The van der Waals surface area contributed by atoms with Crippen molar-refractivity contribution >= 4 is 5.78 Å². The standard InChI is InChI=1S/C10H14O3/c1-5(2)8-7(11)4-6(3)9(12)10(8)13/h4,7-8,10-11,13H,1H2,2-3H3. The first-order valence-electron chi connectivity index (χ1n) is 4.19. The van der Waals surface area contributed by atoms with Gasteiger partial charge in [0.15, 0.2) is 5.78 Å². The Kier molecular flexibility index (Phi) is 2.68. The summed E-state index contributed by atoms with van der Waals surface area (Å²) < 4.78 is 0. The number of hydrogen-bond donors (Lipinski definition) is 2. The molecule has 3 nitrogen and oxygen atoms in total. The van der Waals surface area contributed by atoms with E-state index in [4.69, 9.17) is 0 Å². The number of ketones is 1. The molecule has 3 atom stereocenters. The molecule has 0 fully saturated rings. The fourth-order valence-corrected chi connectivity index (χ4v) is 1.59. The van der Waals surface area contributed by atoms with Crippen LogP contribution in [0, 0.1) is 5.92 Å². The largest absolute Gasteiger partial charge is 0.388 e. The van der Waals surface area contributed by atoms with Gasteiger partial charge in [-0.15, -0.1) is 0 Å². The fourth-order valence-electron chi connectivity index (χ4n) is 1.59. The van der Waals surface area contributed by atoms with E-state index in [1.165, 1.54) is 6.08 Å². The minimum Gasteiger partial charge on any atom is -0.388 e. The highest BCUT2D eigenvalue weighted by Gasteiger charge is 2.36. The van der Waals surface area contributed by atoms with E-state index in [0.717, 1.165) is 0 Å². The molecule has 3 unspecified atom stereocenters. The van der Waals surface area contributed by atoms with Crippen LogP contribution in [0.2, 0.25) is 0 Å². The lowest BCUT2D eigenvalue weighted by Gasteiger charge is -2.29. The van der Waals surface area contributed by atoms with Crippen LogP contribution in [0.1, 0.15) is 13.8 Å². The Labute approximate surface area is 77.4 Å². The summed E-state index contributed by atoms with van der Waals surface area (Å²) in [7, 11) is 0. The fraction of sp³-hybridized carbons (Fsp3) is 0.500. The van der Waals surface area contributed by atoms with Crippen molar-refractivity contribution in [1.82, 2.24) is 0 Å². The predicted molar refractivity (Wildman–Crippen MR) is 49.1 cm³/mol. The van der Waals surface area contributed by atoms with E-state index >= 15 is 0 Å². The molecule has 13 heavy (non-hydrogen) atoms. The third-order valence-electron chi connectivity index (χ3n) is 2.36. The molecule has 0 heterocycles. The molecule has 0 aromatic heterocycles. The van der Waals surface area contributed by atoms with E-state index in [1.54, 1.807) is 13.8 Å². The summed E-state index contributed by atoms with van der Waals surface area (Å²) in [6, 6.07) is 0. The Morgan fingerprint density at radius 3 is 2.54 bits per heavy atom. The molecule has 0 spiro atoms. The van der Waals surface area contributed by atoms with Crippen LogP contribution in [-0.2, 0) is 4.79 Å². The summed E-state index contributed by atoms with van der Waals surface area (Å²) in [6.07, 6.45) is -0.475. The Bertz CT molecular complexity index is 278. The van der Waals surface area contributed by atoms with Crippen LogP contribution in [0.25, 0.3) is 0 Å². The molecule has 0 radical (unpaired) electrons. The van der Waals surface area contributed by atoms with Crippen LogP contribution in [-0.4, -0.2) is 28.2 Å². The summed E-state index contributed by atoms with van der Waals surface area (Å²) in [6.45, 7) is 6.92. The molecule has 0 aromatic carbocycles. The normalized spacial score (nSPS) is 34.3. The van der Waals surface area contributed by atoms with E-state index in [2.05, 4.69) is 6.58 Å². The van der Waals surface area contributed by atoms with Crippen molar-refractivity contribution in [2.45, 2.75) is 26.1 Å². The highest BCUT2D eigenvalue weighted by Crippen LogP contribution is 2.26. The number of Topliss-reactive ketones (excluding diaryl/α,β-unsaturated/α-hetero) is 1. The van der Waals surface area contributed by atoms with Gasteiger partial charge in [0.2, 0.25) is 0 Å². The van der Waals surface area contributed by atoms with Gasteiger partial charge in [-0.2, -0.15) is 0 Å². The molecule has 0 saturated carbocycles. The average Bonchev–Trinajstić information content (AvgIpc) is 1.99. The van der Waals surface area contributed by atoms with Crippen LogP contribution in [0.5, 0.6) is 0 Å². The van der Waals surface area contributed by atoms with Crippen LogP contribution in [0.4, 0.5) is 0 Å². The molecular weight excluding hydrogens is 168 g/mol. The highest BCUT2D eigenvalue weighted by molar-refractivity contribution is 5.99. The van der Waals surface area contributed by atoms with Gasteiger partial charge >= 0.3 is 0 Å². The van der Waals surface area contributed by atoms with Crippen LogP contribution in [0.3, 0.4) is 0 Å². The summed E-state index contributed by atoms with van der Waals surface area (Å²) in [4.78, 5) is 11.3. The predicted octanol–water partition coefficient (Wildman–Crippen LogP) is 0.429. The third-order valence-corrected chi connectivity index (χ3v) is 2.36. The SMILES string of the molecule is C=C(C)C1C(O)C=C(C)C(=O)C1O. The maximum absolute atomic E-state index is 11.3. The second kappa shape index (κ2) is 3.44. The highest BCUT2D eigenvalue weighted by atomic mass is 16.3. The first-order valence-corrected chi connectivity index (χ1v) is 4.19. The summed E-state index contributed by atoms with van der Waals surface area (Å²) in [5, 5.41) is 19.1. The van der Waals surface area contributed by atoms with Crippen LogP contribution >= 0.6 is 0 Å². The summed E-state index contributed by atoms with van der Waals surface area (Å²) in [5.74, 6) is -0.880. The molecule has 72 valence electrons. The Balaban J connectivity index is 3.02. The zero-order valence-corrected chi connectivity index (χ0v) is 7.82. The quantitative estimate of drug-likeness (QED) is 0.578. The van der Waals surface area contributed by atoms with Gasteiger partial charge in [-0.1, -0.05) is 12.2 Å². The van der Waals surface area contributed by atoms with Gasteiger partial charge in [0.1, 0.15) is 6.10 Å². The second-order valence-corrected chi connectivity index (χ2v) is 3.52. The van der Waals surface area contributed by atoms with Crippen molar-refractivity contribution < 1.29 is 15.0 Å². The lowest BCUT2D eigenvalue weighted by molar-refractivity contribution is -0.128. The molecular formula is C10H14O3. The van der Waals surface area contributed by atoms with E-state index in [-0.39, 0.29) is 5.78 Å². The molecule has 0 saturated heterocycles. The molecule has 1 rings (SSSR count). The molecule has 0 aromatic rings. The lowest BCUT2D eigenvalue weighted by Crippen LogP contribution is -2.41. The smallest absolute Gasteiger partial charge is 0.187 e. The molecule has 2 N–H and O–H groups in total. The van der Waals surface area contributed by atoms with Gasteiger partial charge in [0.05, 0.1) is 6.10 Å². The molecule has 1 aliphatic rings. The summed E-state index contributed by atoms with van der Waals surface area (Å²) in [5.41, 5.74) is 1.04. The summed E-state index contributed by atoms with van der Waals surface area (Å²) >= 11 is 0. The Morgan fingerprint density at radius 1 is 1.54 bits per heavy atom. The number of aliphatic hydroxyl groups excluding tert-OH is 2. The van der Waals surface area contributed by atoms with E-state index in [9.17, 15) is 15.0 Å². The molecule has 0 bridgehead atoms. The van der Waals surface area contributed by atoms with Crippen molar-refractivity contribution in [3.63, 3.8) is 0 Å². The number of aliphatic hydroxyl groups is 2. The third kappa shape index (κ3) is 1.71. The van der Waals surface area contributed by atoms with Gasteiger partial charge in [0, 0.05) is 5.92 Å². The molecule has 1 aliphatic carbocycles. The van der Waals surface area contributed by atoms with E-state index < -0.39 is 18.1 Å². The topological polar surface area (TPSA) is 57.5 Å². The van der Waals surface area contributed by atoms with E-state index in [0.29, 0.717) is 11.1 Å². The van der Waals surface area contributed by atoms with Gasteiger partial charge < -0.3 is 10.2 Å². The Morgan fingerprint density at radius 2 is 2.08 bits per heavy atom. The van der Waals surface area contributed by atoms with Crippen molar-refractivity contribution in [3.8, 4) is 0 Å². The first-order chi connectivity index (χ1) is 5.95. The average molecular weight is 182 g/mol. The first kappa shape index (κ1) is 10.2. The van der Waals surface area contributed by atoms with Gasteiger partial charge in [-0.3, -0.25) is 4.79 Å². The number of hydrogen-bond acceptors (Lipinski definition) is 3. The van der Waals surface area contributed by atoms with Crippen LogP contribution in [0.15, 0.2) is 23.8 Å². The van der Waals surface area contributed by atoms with Gasteiger partial charge in [0.25, 0.3) is 0 Å². The monoisotopic (exact) mass is 182 g/mol. The van der Waals surface area contributed by atoms with Gasteiger partial charge in [-0.25, -0.2) is 0 Å². The minimum absolute atomic E-state index is 0.321. The molecule has 0 amide bonds. The maximum atomic E-state index is 11.3. The van der Waals surface area contributed by atoms with Crippen molar-refractivity contribution in [2.24, 2.45) is 5.92 Å². The van der Waals surface area contributed by atoms with Crippen LogP contribution < -0.4 is 0 Å². The number of carbonyl (C=O) groups is 1. The molecule has 3 heteroatoms. The zero-order chi connectivity index (χ0) is 10.2. The Hall–Kier alpha value is -0.930. The molecule has 0 aliphatic heterocycles. The number of carbonyl (C=O) groups excluding carboxylic acids is 1. The van der Waals surface area contributed by atoms with E-state index in [1.807, 2.05) is 0 Å².